The molecular formula is C8H13N3S2. The van der Waals surface area contributed by atoms with Gasteiger partial charge in [0.2, 0.25) is 0 Å². The molecule has 1 aromatic heterocycles. The fourth-order valence-electron chi connectivity index (χ4n) is 1.90. The van der Waals surface area contributed by atoms with E-state index < -0.39 is 0 Å². The molecule has 0 aliphatic heterocycles. The summed E-state index contributed by atoms with van der Waals surface area (Å²) in [6.45, 7) is 0. The minimum absolute atomic E-state index is 0.573. The van der Waals surface area contributed by atoms with Gasteiger partial charge in [0.1, 0.15) is 6.33 Å². The molecule has 0 saturated heterocycles. The first-order chi connectivity index (χ1) is 6.31. The topological polar surface area (TPSA) is 33.6 Å². The molecule has 0 spiro atoms. The summed E-state index contributed by atoms with van der Waals surface area (Å²) in [7, 11) is 0. The third-order valence-corrected chi connectivity index (χ3v) is 4.06. The van der Waals surface area contributed by atoms with Crippen LogP contribution in [0.25, 0.3) is 0 Å². The van der Waals surface area contributed by atoms with Crippen LogP contribution in [0.5, 0.6) is 0 Å². The zero-order valence-corrected chi connectivity index (χ0v) is 9.20. The van der Waals surface area contributed by atoms with E-state index in [1.165, 1.54) is 19.3 Å². The van der Waals surface area contributed by atoms with Crippen LogP contribution in [0.2, 0.25) is 0 Å². The second-order valence-electron chi connectivity index (χ2n) is 3.39. The Kier molecular flexibility index (Phi) is 2.74. The Morgan fingerprint density at radius 3 is 3.08 bits per heavy atom. The number of nitrogens with zero attached hydrogens (tertiary/aromatic N) is 2. The Balaban J connectivity index is 2.12. The lowest BCUT2D eigenvalue weighted by molar-refractivity contribution is 0.512. The van der Waals surface area contributed by atoms with Crippen LogP contribution < -0.4 is 0 Å². The molecule has 13 heavy (non-hydrogen) atoms. The van der Waals surface area contributed by atoms with Gasteiger partial charge < -0.3 is 4.57 Å². The molecule has 0 radical (unpaired) electrons. The third kappa shape index (κ3) is 1.81. The Hall–Kier alpha value is -0.290. The van der Waals surface area contributed by atoms with E-state index in [1.54, 1.807) is 0 Å². The lowest BCUT2D eigenvalue weighted by Gasteiger charge is -2.10. The average Bonchev–Trinajstić information content (AvgIpc) is 2.71. The number of H-pyrrole nitrogens is 1. The highest BCUT2D eigenvalue weighted by Crippen LogP contribution is 2.35. The van der Waals surface area contributed by atoms with Crippen molar-refractivity contribution in [3.63, 3.8) is 0 Å². The van der Waals surface area contributed by atoms with Gasteiger partial charge in [-0.15, -0.1) is 0 Å². The van der Waals surface area contributed by atoms with Crippen molar-refractivity contribution in [2.24, 2.45) is 0 Å². The molecular weight excluding hydrogens is 202 g/mol. The van der Waals surface area contributed by atoms with Gasteiger partial charge in [-0.2, -0.15) is 16.9 Å². The van der Waals surface area contributed by atoms with Gasteiger partial charge in [-0.25, -0.2) is 0 Å². The van der Waals surface area contributed by atoms with Crippen molar-refractivity contribution in [2.75, 3.05) is 6.26 Å². The monoisotopic (exact) mass is 215 g/mol. The van der Waals surface area contributed by atoms with E-state index in [0.717, 1.165) is 10.0 Å². The molecule has 3 nitrogen and oxygen atoms in total. The highest BCUT2D eigenvalue weighted by molar-refractivity contribution is 7.99. The molecule has 1 aromatic rings. The molecule has 5 heteroatoms. The maximum absolute atomic E-state index is 5.13. The quantitative estimate of drug-likeness (QED) is 0.769. The summed E-state index contributed by atoms with van der Waals surface area (Å²) in [5.41, 5.74) is 0. The van der Waals surface area contributed by atoms with Crippen molar-refractivity contribution >= 4 is 24.0 Å². The first kappa shape index (κ1) is 9.27. The molecule has 1 aliphatic rings. The van der Waals surface area contributed by atoms with Crippen molar-refractivity contribution in [1.82, 2.24) is 14.8 Å². The lowest BCUT2D eigenvalue weighted by atomic mass is 10.2. The molecule has 2 rings (SSSR count). The molecule has 2 atom stereocenters. The van der Waals surface area contributed by atoms with Crippen LogP contribution in [0.1, 0.15) is 25.3 Å². The van der Waals surface area contributed by atoms with Gasteiger partial charge in [-0.05, 0) is 37.7 Å². The molecule has 0 amide bonds. The number of aromatic nitrogens is 3. The second kappa shape index (κ2) is 3.84. The molecule has 1 N–H and O–H groups in total. The normalized spacial score (nSPS) is 28.1. The summed E-state index contributed by atoms with van der Waals surface area (Å²) < 4.78 is 2.85. The second-order valence-corrected chi connectivity index (χ2v) is 4.92. The predicted molar refractivity (Wildman–Crippen MR) is 57.6 cm³/mol. The summed E-state index contributed by atoms with van der Waals surface area (Å²) >= 11 is 7.10. The van der Waals surface area contributed by atoms with Gasteiger partial charge >= 0.3 is 0 Å². The fraction of sp³-hybridized carbons (Fsp3) is 0.750. The molecule has 0 bridgehead atoms. The van der Waals surface area contributed by atoms with Crippen LogP contribution in [-0.2, 0) is 0 Å². The van der Waals surface area contributed by atoms with Crippen LogP contribution in [0.3, 0.4) is 0 Å². The minimum Gasteiger partial charge on any atom is -0.304 e. The van der Waals surface area contributed by atoms with Crippen molar-refractivity contribution in [1.29, 1.82) is 0 Å². The summed E-state index contributed by atoms with van der Waals surface area (Å²) in [5, 5.41) is 7.55. The molecule has 2 unspecified atom stereocenters. The van der Waals surface area contributed by atoms with Crippen molar-refractivity contribution in [3.8, 4) is 0 Å². The number of hydrogen-bond acceptors (Lipinski definition) is 3. The van der Waals surface area contributed by atoms with E-state index in [2.05, 4.69) is 21.0 Å². The van der Waals surface area contributed by atoms with Gasteiger partial charge in [0.05, 0.1) is 0 Å². The van der Waals surface area contributed by atoms with E-state index in [1.807, 2.05) is 18.1 Å². The average molecular weight is 215 g/mol. The summed E-state index contributed by atoms with van der Waals surface area (Å²) in [4.78, 5) is 0. The SMILES string of the molecule is CSC1CCC(n2cn[nH]c2=S)C1. The Morgan fingerprint density at radius 2 is 2.54 bits per heavy atom. The van der Waals surface area contributed by atoms with E-state index in [-0.39, 0.29) is 0 Å². The highest BCUT2D eigenvalue weighted by atomic mass is 32.2. The van der Waals surface area contributed by atoms with E-state index in [0.29, 0.717) is 6.04 Å². The molecule has 1 heterocycles. The Bertz CT molecular complexity index is 330. The predicted octanol–water partition coefficient (Wildman–Crippen LogP) is 2.40. The first-order valence-electron chi connectivity index (χ1n) is 4.45. The van der Waals surface area contributed by atoms with Crippen LogP contribution in [0.4, 0.5) is 0 Å². The van der Waals surface area contributed by atoms with Crippen molar-refractivity contribution in [3.05, 3.63) is 11.1 Å². The Morgan fingerprint density at radius 1 is 1.69 bits per heavy atom. The largest absolute Gasteiger partial charge is 0.304 e. The number of hydrogen-bond donors (Lipinski definition) is 1. The number of rotatable bonds is 2. The maximum atomic E-state index is 5.13. The number of thioether (sulfide) groups is 1. The summed E-state index contributed by atoms with van der Waals surface area (Å²) in [6.07, 6.45) is 7.77. The van der Waals surface area contributed by atoms with Gasteiger partial charge in [0.25, 0.3) is 0 Å². The van der Waals surface area contributed by atoms with Gasteiger partial charge in [-0.1, -0.05) is 0 Å². The highest BCUT2D eigenvalue weighted by Gasteiger charge is 2.25. The third-order valence-electron chi connectivity index (χ3n) is 2.66. The smallest absolute Gasteiger partial charge is 0.195 e. The fourth-order valence-corrected chi connectivity index (χ4v) is 2.94. The minimum atomic E-state index is 0.573. The molecule has 1 saturated carbocycles. The standard InChI is InChI=1S/C8H13N3S2/c1-13-7-3-2-6(4-7)11-5-9-10-8(11)12/h5-7H,2-4H2,1H3,(H,10,12). The van der Waals surface area contributed by atoms with Crippen molar-refractivity contribution in [2.45, 2.75) is 30.6 Å². The van der Waals surface area contributed by atoms with Crippen LogP contribution in [0.15, 0.2) is 6.33 Å². The molecule has 1 aliphatic carbocycles. The molecule has 0 aromatic carbocycles. The maximum Gasteiger partial charge on any atom is 0.195 e. The van der Waals surface area contributed by atoms with Gasteiger partial charge in [-0.3, -0.25) is 5.10 Å². The van der Waals surface area contributed by atoms with E-state index >= 15 is 0 Å². The zero-order chi connectivity index (χ0) is 9.26. The van der Waals surface area contributed by atoms with Crippen LogP contribution in [0, 0.1) is 4.77 Å². The molecule has 72 valence electrons. The van der Waals surface area contributed by atoms with Crippen LogP contribution >= 0.6 is 24.0 Å². The van der Waals surface area contributed by atoms with Gasteiger partial charge in [0, 0.05) is 11.3 Å². The van der Waals surface area contributed by atoms with E-state index in [4.69, 9.17) is 12.2 Å². The number of aromatic amines is 1. The molecule has 1 fully saturated rings. The van der Waals surface area contributed by atoms with Crippen molar-refractivity contribution < 1.29 is 0 Å². The first-order valence-corrected chi connectivity index (χ1v) is 6.15. The van der Waals surface area contributed by atoms with Crippen LogP contribution in [-0.4, -0.2) is 26.3 Å². The Labute approximate surface area is 86.9 Å². The van der Waals surface area contributed by atoms with Gasteiger partial charge in [0.15, 0.2) is 4.77 Å². The zero-order valence-electron chi connectivity index (χ0n) is 7.56. The summed E-state index contributed by atoms with van der Waals surface area (Å²) in [5.74, 6) is 0. The number of nitrogens with one attached hydrogen (secondary N) is 1. The lowest BCUT2D eigenvalue weighted by Crippen LogP contribution is -2.04. The van der Waals surface area contributed by atoms with E-state index in [9.17, 15) is 0 Å². The summed E-state index contributed by atoms with van der Waals surface area (Å²) in [6, 6.07) is 0.573.